The first-order valence-electron chi connectivity index (χ1n) is 10.7. The van der Waals surface area contributed by atoms with Gasteiger partial charge in [-0.15, -0.1) is 0 Å². The van der Waals surface area contributed by atoms with E-state index in [1.807, 2.05) is 42.6 Å². The Kier molecular flexibility index (Phi) is 5.63. The highest BCUT2D eigenvalue weighted by molar-refractivity contribution is 7.80. The van der Waals surface area contributed by atoms with Crippen molar-refractivity contribution in [1.82, 2.24) is 19.8 Å². The molecule has 2 aliphatic rings. The van der Waals surface area contributed by atoms with Crippen molar-refractivity contribution in [2.75, 3.05) is 13.2 Å². The monoisotopic (exact) mass is 448 g/mol. The number of rotatable bonds is 6. The molecule has 8 heteroatoms. The zero-order chi connectivity index (χ0) is 22.1. The molecule has 3 atom stereocenters. The van der Waals surface area contributed by atoms with E-state index in [1.54, 1.807) is 18.3 Å². The molecule has 0 radical (unpaired) electrons. The number of ether oxygens (including phenoxy) is 1. The van der Waals surface area contributed by atoms with E-state index in [9.17, 15) is 9.90 Å². The van der Waals surface area contributed by atoms with E-state index in [0.717, 1.165) is 36.5 Å². The Labute approximate surface area is 191 Å². The molecule has 2 aromatic heterocycles. The Morgan fingerprint density at radius 2 is 2.03 bits per heavy atom. The molecule has 164 valence electrons. The predicted molar refractivity (Wildman–Crippen MR) is 124 cm³/mol. The maximum atomic E-state index is 11.3. The zero-order valence-corrected chi connectivity index (χ0v) is 18.2. The maximum absolute atomic E-state index is 11.3. The van der Waals surface area contributed by atoms with E-state index < -0.39 is 5.97 Å². The van der Waals surface area contributed by atoms with E-state index in [0.29, 0.717) is 11.7 Å². The van der Waals surface area contributed by atoms with Crippen molar-refractivity contribution in [2.45, 2.75) is 31.0 Å². The van der Waals surface area contributed by atoms with Crippen LogP contribution in [0, 0.1) is 0 Å². The molecule has 0 amide bonds. The van der Waals surface area contributed by atoms with Crippen LogP contribution in [0.25, 0.3) is 5.69 Å². The van der Waals surface area contributed by atoms with Gasteiger partial charge in [-0.1, -0.05) is 6.07 Å². The van der Waals surface area contributed by atoms with E-state index in [1.165, 1.54) is 0 Å². The van der Waals surface area contributed by atoms with Gasteiger partial charge < -0.3 is 24.6 Å². The second-order valence-corrected chi connectivity index (χ2v) is 8.46. The molecule has 0 saturated carbocycles. The summed E-state index contributed by atoms with van der Waals surface area (Å²) in [6.45, 7) is 1.50. The van der Waals surface area contributed by atoms with Gasteiger partial charge in [-0.25, -0.2) is 4.79 Å². The molecule has 2 N–H and O–H groups in total. The number of carboxylic acids is 1. The number of nitrogens with zero attached hydrogens (tertiary/aromatic N) is 3. The molecule has 2 fully saturated rings. The molecule has 0 spiro atoms. The summed E-state index contributed by atoms with van der Waals surface area (Å²) in [6, 6.07) is 16.7. The SMILES string of the molecule is O=C(O)c1ccc(-n2cccc2[C@@H]2[C@@H](c3ccccn3)NC(=S)N2C[C@@H]2CCCO2)cc1. The smallest absolute Gasteiger partial charge is 0.335 e. The predicted octanol–water partition coefficient (Wildman–Crippen LogP) is 3.72. The third-order valence-corrected chi connectivity index (χ3v) is 6.45. The Bertz CT molecular complexity index is 1110. The first-order chi connectivity index (χ1) is 15.6. The van der Waals surface area contributed by atoms with E-state index in [-0.39, 0.29) is 23.8 Å². The number of nitrogens with one attached hydrogen (secondary N) is 1. The number of carbonyl (C=O) groups is 1. The number of benzene rings is 1. The summed E-state index contributed by atoms with van der Waals surface area (Å²) in [4.78, 5) is 18.1. The molecular formula is C24H24N4O3S. The summed E-state index contributed by atoms with van der Waals surface area (Å²) < 4.78 is 8.00. The van der Waals surface area contributed by atoms with Crippen LogP contribution in [0.1, 0.15) is 46.7 Å². The summed E-state index contributed by atoms with van der Waals surface area (Å²) in [5.74, 6) is -0.937. The summed E-state index contributed by atoms with van der Waals surface area (Å²) in [6.07, 6.45) is 6.03. The molecule has 0 aliphatic carbocycles. The van der Waals surface area contributed by atoms with Gasteiger partial charge in [-0.05, 0) is 73.6 Å². The lowest BCUT2D eigenvalue weighted by Gasteiger charge is -2.30. The van der Waals surface area contributed by atoms with Crippen LogP contribution in [0.3, 0.4) is 0 Å². The fourth-order valence-corrected chi connectivity index (χ4v) is 4.88. The van der Waals surface area contributed by atoms with Crippen LogP contribution in [0.2, 0.25) is 0 Å². The Hall–Kier alpha value is -3.23. The number of thiocarbonyl (C=S) groups is 1. The maximum Gasteiger partial charge on any atom is 0.335 e. The topological polar surface area (TPSA) is 79.6 Å². The van der Waals surface area contributed by atoms with Gasteiger partial charge in [0.05, 0.1) is 29.4 Å². The average Bonchev–Trinajstić information content (AvgIpc) is 3.56. The molecular weight excluding hydrogens is 424 g/mol. The van der Waals surface area contributed by atoms with E-state index in [4.69, 9.17) is 17.0 Å². The molecule has 1 aromatic carbocycles. The van der Waals surface area contributed by atoms with Crippen molar-refractivity contribution in [2.24, 2.45) is 0 Å². The first kappa shape index (κ1) is 20.7. The van der Waals surface area contributed by atoms with Gasteiger partial charge in [-0.3, -0.25) is 4.98 Å². The first-order valence-corrected chi connectivity index (χ1v) is 11.1. The standard InChI is InChI=1S/C24H24N4O3S/c29-23(30)16-8-10-17(11-9-16)27-13-3-7-20(27)22-21(19-6-1-2-12-25-19)26-24(32)28(22)15-18-5-4-14-31-18/h1-3,6-13,18,21-22H,4-5,14-15H2,(H,26,32)(H,29,30)/t18-,21+,22+/m0/s1. The Morgan fingerprint density at radius 3 is 2.72 bits per heavy atom. The Balaban J connectivity index is 1.55. The molecule has 0 bridgehead atoms. The quantitative estimate of drug-likeness (QED) is 0.557. The molecule has 2 aliphatic heterocycles. The highest BCUT2D eigenvalue weighted by Crippen LogP contribution is 2.40. The number of aromatic carboxylic acids is 1. The molecule has 7 nitrogen and oxygen atoms in total. The molecule has 32 heavy (non-hydrogen) atoms. The summed E-state index contributed by atoms with van der Waals surface area (Å²) >= 11 is 5.77. The molecule has 3 aromatic rings. The van der Waals surface area contributed by atoms with Gasteiger partial charge in [0.15, 0.2) is 5.11 Å². The normalized spacial score (nSPS) is 22.8. The lowest BCUT2D eigenvalue weighted by Crippen LogP contribution is -2.36. The van der Waals surface area contributed by atoms with E-state index in [2.05, 4.69) is 25.8 Å². The number of aromatic nitrogens is 2. The second kappa shape index (κ2) is 8.72. The molecule has 0 unspecified atom stereocenters. The zero-order valence-electron chi connectivity index (χ0n) is 17.4. The van der Waals surface area contributed by atoms with Crippen LogP contribution >= 0.6 is 12.2 Å². The fourth-order valence-electron chi connectivity index (χ4n) is 4.57. The van der Waals surface area contributed by atoms with Crippen LogP contribution < -0.4 is 5.32 Å². The van der Waals surface area contributed by atoms with Crippen LogP contribution in [-0.2, 0) is 4.74 Å². The largest absolute Gasteiger partial charge is 0.478 e. The van der Waals surface area contributed by atoms with Crippen LogP contribution in [0.4, 0.5) is 0 Å². The van der Waals surface area contributed by atoms with Gasteiger partial charge in [0, 0.05) is 36.9 Å². The highest BCUT2D eigenvalue weighted by Gasteiger charge is 2.42. The number of carboxylic acid groups (broad SMARTS) is 1. The highest BCUT2D eigenvalue weighted by atomic mass is 32.1. The minimum Gasteiger partial charge on any atom is -0.478 e. The minimum atomic E-state index is -0.937. The summed E-state index contributed by atoms with van der Waals surface area (Å²) in [5.41, 5.74) is 3.12. The van der Waals surface area contributed by atoms with Crippen LogP contribution in [0.5, 0.6) is 0 Å². The summed E-state index contributed by atoms with van der Waals surface area (Å²) in [5, 5.41) is 13.4. The van der Waals surface area contributed by atoms with Crippen LogP contribution in [-0.4, -0.2) is 49.9 Å². The molecule has 5 rings (SSSR count). The molecule has 4 heterocycles. The van der Waals surface area contributed by atoms with Crippen molar-refractivity contribution < 1.29 is 14.6 Å². The summed E-state index contributed by atoms with van der Waals surface area (Å²) in [7, 11) is 0. The van der Waals surface area contributed by atoms with E-state index >= 15 is 0 Å². The molecule has 2 saturated heterocycles. The van der Waals surface area contributed by atoms with Crippen molar-refractivity contribution in [3.8, 4) is 5.69 Å². The second-order valence-electron chi connectivity index (χ2n) is 8.07. The third-order valence-electron chi connectivity index (χ3n) is 6.10. The third kappa shape index (κ3) is 3.87. The average molecular weight is 449 g/mol. The van der Waals surface area contributed by atoms with Gasteiger partial charge in [0.1, 0.15) is 0 Å². The van der Waals surface area contributed by atoms with Gasteiger partial charge in [-0.2, -0.15) is 0 Å². The van der Waals surface area contributed by atoms with Crippen molar-refractivity contribution in [1.29, 1.82) is 0 Å². The lowest BCUT2D eigenvalue weighted by molar-refractivity contribution is 0.0697. The van der Waals surface area contributed by atoms with Gasteiger partial charge >= 0.3 is 5.97 Å². The number of hydrogen-bond donors (Lipinski definition) is 2. The number of hydrogen-bond acceptors (Lipinski definition) is 4. The van der Waals surface area contributed by atoms with Gasteiger partial charge in [0.2, 0.25) is 0 Å². The number of pyridine rings is 1. The van der Waals surface area contributed by atoms with Crippen molar-refractivity contribution >= 4 is 23.3 Å². The fraction of sp³-hybridized carbons (Fsp3) is 0.292. The lowest BCUT2D eigenvalue weighted by atomic mass is 10.0. The van der Waals surface area contributed by atoms with Gasteiger partial charge in [0.25, 0.3) is 0 Å². The van der Waals surface area contributed by atoms with Crippen LogP contribution in [0.15, 0.2) is 67.0 Å². The minimum absolute atomic E-state index is 0.0873. The van der Waals surface area contributed by atoms with Crippen molar-refractivity contribution in [3.05, 3.63) is 83.9 Å². The van der Waals surface area contributed by atoms with Crippen molar-refractivity contribution in [3.63, 3.8) is 0 Å². The Morgan fingerprint density at radius 1 is 1.19 bits per heavy atom.